The lowest BCUT2D eigenvalue weighted by Crippen LogP contribution is -2.41. The van der Waals surface area contributed by atoms with Gasteiger partial charge in [-0.25, -0.2) is 0 Å². The highest BCUT2D eigenvalue weighted by molar-refractivity contribution is 6.47. The highest BCUT2D eigenvalue weighted by Gasteiger charge is 2.53. The Labute approximate surface area is 131 Å². The Balaban J connectivity index is 2.01. The molecule has 1 saturated heterocycles. The van der Waals surface area contributed by atoms with Gasteiger partial charge in [-0.15, -0.1) is 0 Å². The van der Waals surface area contributed by atoms with E-state index in [2.05, 4.69) is 0 Å². The molecule has 22 heavy (non-hydrogen) atoms. The van der Waals surface area contributed by atoms with Gasteiger partial charge in [-0.3, -0.25) is 0 Å². The van der Waals surface area contributed by atoms with Crippen LogP contribution in [0.1, 0.15) is 39.2 Å². The Kier molecular flexibility index (Phi) is 3.47. The molecule has 1 fully saturated rings. The normalized spacial score (nSPS) is 21.2. The molecule has 0 amide bonds. The lowest BCUT2D eigenvalue weighted by Gasteiger charge is -2.32. The zero-order valence-corrected chi connectivity index (χ0v) is 13.5. The highest BCUT2D eigenvalue weighted by atomic mass is 16.7. The van der Waals surface area contributed by atoms with Gasteiger partial charge in [-0.1, -0.05) is 30.3 Å². The van der Waals surface area contributed by atoms with Gasteiger partial charge in [-0.05, 0) is 44.7 Å². The van der Waals surface area contributed by atoms with Crippen LogP contribution < -0.4 is 5.73 Å². The molecule has 3 rings (SSSR count). The molecule has 1 aliphatic rings. The average Bonchev–Trinajstić information content (AvgIpc) is 2.68. The third-order valence-corrected chi connectivity index (χ3v) is 4.86. The minimum absolute atomic E-state index is 0.250. The van der Waals surface area contributed by atoms with Crippen molar-refractivity contribution < 1.29 is 14.4 Å². The average molecular weight is 299 g/mol. The van der Waals surface area contributed by atoms with Crippen LogP contribution in [0.15, 0.2) is 36.4 Å². The molecule has 1 aliphatic heterocycles. The van der Waals surface area contributed by atoms with Gasteiger partial charge >= 0.3 is 7.12 Å². The Bertz CT molecular complexity index is 698. The number of phenolic OH excluding ortho intramolecular Hbond substituents is 1. The maximum atomic E-state index is 10.0. The number of hydrogen-bond acceptors (Lipinski definition) is 4. The molecule has 2 aromatic rings. The van der Waals surface area contributed by atoms with Crippen molar-refractivity contribution in [2.45, 2.75) is 44.8 Å². The summed E-state index contributed by atoms with van der Waals surface area (Å²) < 4.78 is 12.1. The Morgan fingerprint density at radius 2 is 1.50 bits per heavy atom. The summed E-state index contributed by atoms with van der Waals surface area (Å²) in [6.45, 7) is 8.03. The van der Waals surface area contributed by atoms with E-state index < -0.39 is 24.3 Å². The standard InChI is InChI=1S/C17H22BNO3/c1-16(2)17(3,4)22-18(21-16)15(19)13-9-10-14(20)12-8-6-5-7-11(12)13/h5-10,15,20H,19H2,1-4H3/t15-/m0/s1. The van der Waals surface area contributed by atoms with Gasteiger partial charge in [0.15, 0.2) is 0 Å². The van der Waals surface area contributed by atoms with Crippen LogP contribution in [0.4, 0.5) is 0 Å². The quantitative estimate of drug-likeness (QED) is 0.836. The van der Waals surface area contributed by atoms with Crippen LogP contribution in [-0.4, -0.2) is 23.4 Å². The van der Waals surface area contributed by atoms with Gasteiger partial charge in [0.2, 0.25) is 0 Å². The maximum Gasteiger partial charge on any atom is 0.480 e. The van der Waals surface area contributed by atoms with Crippen molar-refractivity contribution in [1.29, 1.82) is 0 Å². The summed E-state index contributed by atoms with van der Waals surface area (Å²) in [5.74, 6) is -0.174. The summed E-state index contributed by atoms with van der Waals surface area (Å²) in [6.07, 6.45) is 0. The molecule has 1 atom stereocenters. The fourth-order valence-corrected chi connectivity index (χ4v) is 2.78. The van der Waals surface area contributed by atoms with E-state index in [1.165, 1.54) is 0 Å². The summed E-state index contributed by atoms with van der Waals surface area (Å²) in [7, 11) is -0.516. The summed E-state index contributed by atoms with van der Waals surface area (Å²) in [5, 5.41) is 11.7. The van der Waals surface area contributed by atoms with E-state index in [1.54, 1.807) is 6.07 Å². The molecule has 0 aliphatic carbocycles. The minimum Gasteiger partial charge on any atom is -0.507 e. The topological polar surface area (TPSA) is 64.7 Å². The van der Waals surface area contributed by atoms with Crippen LogP contribution in [0, 0.1) is 0 Å². The first-order valence-electron chi connectivity index (χ1n) is 7.55. The number of rotatable bonds is 2. The molecule has 0 bridgehead atoms. The monoisotopic (exact) mass is 299 g/mol. The highest BCUT2D eigenvalue weighted by Crippen LogP contribution is 2.41. The molecule has 116 valence electrons. The molecule has 0 spiro atoms. The molecular weight excluding hydrogens is 277 g/mol. The van der Waals surface area contributed by atoms with Crippen molar-refractivity contribution in [3.63, 3.8) is 0 Å². The summed E-state index contributed by atoms with van der Waals surface area (Å²) in [5.41, 5.74) is 6.51. The van der Waals surface area contributed by atoms with Crippen molar-refractivity contribution in [2.24, 2.45) is 5.73 Å². The fraction of sp³-hybridized carbons (Fsp3) is 0.412. The van der Waals surface area contributed by atoms with E-state index >= 15 is 0 Å². The molecular formula is C17H22BNO3. The fourth-order valence-electron chi connectivity index (χ4n) is 2.78. The van der Waals surface area contributed by atoms with Crippen molar-refractivity contribution >= 4 is 17.9 Å². The molecule has 5 heteroatoms. The van der Waals surface area contributed by atoms with E-state index in [0.29, 0.717) is 0 Å². The van der Waals surface area contributed by atoms with Crippen molar-refractivity contribution in [3.8, 4) is 5.75 Å². The Morgan fingerprint density at radius 3 is 2.09 bits per heavy atom. The second kappa shape index (κ2) is 4.98. The van der Waals surface area contributed by atoms with Crippen molar-refractivity contribution in [3.05, 3.63) is 42.0 Å². The van der Waals surface area contributed by atoms with Crippen molar-refractivity contribution in [2.75, 3.05) is 0 Å². The Hall–Kier alpha value is -1.56. The zero-order chi connectivity index (χ0) is 16.1. The first-order valence-corrected chi connectivity index (χ1v) is 7.55. The van der Waals surface area contributed by atoms with E-state index in [1.807, 2.05) is 58.0 Å². The molecule has 0 radical (unpaired) electrons. The van der Waals surface area contributed by atoms with Crippen LogP contribution >= 0.6 is 0 Å². The summed E-state index contributed by atoms with van der Waals surface area (Å²) in [6, 6.07) is 11.2. The molecule has 0 aromatic heterocycles. The molecule has 0 unspecified atom stereocenters. The van der Waals surface area contributed by atoms with Crippen LogP contribution in [0.5, 0.6) is 5.75 Å². The smallest absolute Gasteiger partial charge is 0.480 e. The predicted octanol–water partition coefficient (Wildman–Crippen LogP) is 3.18. The van der Waals surface area contributed by atoms with E-state index in [4.69, 9.17) is 15.0 Å². The van der Waals surface area contributed by atoms with Crippen LogP contribution in [0.2, 0.25) is 0 Å². The van der Waals surface area contributed by atoms with Gasteiger partial charge in [-0.2, -0.15) is 0 Å². The van der Waals surface area contributed by atoms with Crippen LogP contribution in [-0.2, 0) is 9.31 Å². The largest absolute Gasteiger partial charge is 0.507 e. The van der Waals surface area contributed by atoms with Gasteiger partial charge in [0.25, 0.3) is 0 Å². The summed E-state index contributed by atoms with van der Waals surface area (Å²) in [4.78, 5) is 0. The zero-order valence-electron chi connectivity index (χ0n) is 13.5. The maximum absolute atomic E-state index is 10.0. The third-order valence-electron chi connectivity index (χ3n) is 4.86. The lowest BCUT2D eigenvalue weighted by atomic mass is 9.73. The van der Waals surface area contributed by atoms with E-state index in [9.17, 15) is 5.11 Å². The molecule has 1 heterocycles. The molecule has 4 nitrogen and oxygen atoms in total. The van der Waals surface area contributed by atoms with E-state index in [-0.39, 0.29) is 5.75 Å². The number of fused-ring (bicyclic) bond motifs is 1. The number of phenols is 1. The molecule has 0 saturated carbocycles. The number of hydrogen-bond donors (Lipinski definition) is 2. The SMILES string of the molecule is CC1(C)OB([C@@H](N)c2ccc(O)c3ccccc23)OC1(C)C. The van der Waals surface area contributed by atoms with Gasteiger partial charge in [0.1, 0.15) is 5.75 Å². The lowest BCUT2D eigenvalue weighted by molar-refractivity contribution is 0.00578. The first kappa shape index (κ1) is 15.3. The molecule has 3 N–H and O–H groups in total. The van der Waals surface area contributed by atoms with Crippen LogP contribution in [0.3, 0.4) is 0 Å². The van der Waals surface area contributed by atoms with Crippen LogP contribution in [0.25, 0.3) is 10.8 Å². The van der Waals surface area contributed by atoms with E-state index in [0.717, 1.165) is 16.3 Å². The predicted molar refractivity (Wildman–Crippen MR) is 88.6 cm³/mol. The van der Waals surface area contributed by atoms with Gasteiger partial charge in [0, 0.05) is 5.39 Å². The number of aromatic hydroxyl groups is 1. The van der Waals surface area contributed by atoms with Gasteiger partial charge in [0.05, 0.1) is 17.1 Å². The third kappa shape index (κ3) is 2.30. The van der Waals surface area contributed by atoms with Gasteiger partial charge < -0.3 is 20.1 Å². The second-order valence-corrected chi connectivity index (χ2v) is 6.87. The first-order chi connectivity index (χ1) is 10.2. The van der Waals surface area contributed by atoms with Crippen molar-refractivity contribution in [1.82, 2.24) is 0 Å². The minimum atomic E-state index is -0.516. The molecule has 2 aromatic carbocycles. The Morgan fingerprint density at radius 1 is 0.955 bits per heavy atom. The summed E-state index contributed by atoms with van der Waals surface area (Å²) >= 11 is 0. The number of nitrogens with two attached hydrogens (primary N) is 1. The second-order valence-electron chi connectivity index (χ2n) is 6.87. The number of benzene rings is 2.